The van der Waals surface area contributed by atoms with E-state index in [1.54, 1.807) is 5.57 Å². The summed E-state index contributed by atoms with van der Waals surface area (Å²) in [6.07, 6.45) is 3.57. The fourth-order valence-electron chi connectivity index (χ4n) is 9.69. The van der Waals surface area contributed by atoms with Gasteiger partial charge in [-0.1, -0.05) is 118 Å². The molecule has 6 aromatic carbocycles. The largest absolute Gasteiger partial charge is 0.310 e. The highest BCUT2D eigenvalue weighted by Gasteiger charge is 2.54. The van der Waals surface area contributed by atoms with Crippen molar-refractivity contribution < 1.29 is 0 Å². The third-order valence-electron chi connectivity index (χ3n) is 12.1. The monoisotopic (exact) mass is 674 g/mol. The molecule has 0 saturated heterocycles. The predicted octanol–water partition coefficient (Wildman–Crippen LogP) is 13.8. The maximum absolute atomic E-state index is 2.56. The van der Waals surface area contributed by atoms with Crippen molar-refractivity contribution in [2.75, 3.05) is 9.80 Å². The lowest BCUT2D eigenvalue weighted by Crippen LogP contribution is -2.36. The number of hydrogen-bond donors (Lipinski definition) is 0. The van der Waals surface area contributed by atoms with E-state index < -0.39 is 0 Å². The Balaban J connectivity index is 1.19. The van der Waals surface area contributed by atoms with Crippen LogP contribution in [-0.4, -0.2) is 0 Å². The van der Waals surface area contributed by atoms with E-state index in [1.807, 2.05) is 0 Å². The zero-order chi connectivity index (χ0) is 35.8. The molecule has 0 spiro atoms. The summed E-state index contributed by atoms with van der Waals surface area (Å²) in [5.41, 5.74) is 20.0. The molecule has 2 nitrogen and oxygen atoms in total. The summed E-state index contributed by atoms with van der Waals surface area (Å²) >= 11 is 0. The first-order valence-corrected chi connectivity index (χ1v) is 18.7. The van der Waals surface area contributed by atoms with Gasteiger partial charge in [-0.25, -0.2) is 0 Å². The average molecular weight is 675 g/mol. The van der Waals surface area contributed by atoms with Crippen LogP contribution in [0.3, 0.4) is 0 Å². The molecule has 0 bridgehead atoms. The minimum Gasteiger partial charge on any atom is -0.310 e. The standard InChI is InChI=1S/C50H46N2/c1-33-27-39(51(35-19-11-7-12-20-35)36-21-13-8-14-22-36)29-43-41(33)31-45-47(43)50(5,6)46-32-42-34(2)28-40(30-44(42)48(46)49(45,3)4)52(37-23-15-9-16-24-37)38-25-17-10-18-26-38/h7-31,47H,32H2,1-6H3. The summed E-state index contributed by atoms with van der Waals surface area (Å²) in [5.74, 6) is 0.294. The van der Waals surface area contributed by atoms with Crippen LogP contribution in [0.25, 0.3) is 11.6 Å². The highest BCUT2D eigenvalue weighted by Crippen LogP contribution is 2.68. The van der Waals surface area contributed by atoms with Crippen LogP contribution in [0, 0.1) is 24.7 Å². The molecular weight excluding hydrogens is 629 g/mol. The van der Waals surface area contributed by atoms with E-state index in [0.717, 1.165) is 6.42 Å². The maximum atomic E-state index is 2.56. The van der Waals surface area contributed by atoms with E-state index in [0.29, 0.717) is 5.92 Å². The lowest BCUT2D eigenvalue weighted by molar-refractivity contribution is 0.328. The number of anilines is 6. The topological polar surface area (TPSA) is 6.48 Å². The molecule has 9 rings (SSSR count). The summed E-state index contributed by atoms with van der Waals surface area (Å²) in [4.78, 5) is 4.83. The van der Waals surface area contributed by atoms with Crippen molar-refractivity contribution in [2.45, 2.75) is 53.9 Å². The molecule has 0 radical (unpaired) electrons. The molecule has 0 N–H and O–H groups in total. The van der Waals surface area contributed by atoms with Gasteiger partial charge < -0.3 is 9.80 Å². The Morgan fingerprint density at radius 3 is 1.44 bits per heavy atom. The van der Waals surface area contributed by atoms with E-state index in [-0.39, 0.29) is 10.8 Å². The van der Waals surface area contributed by atoms with Crippen molar-refractivity contribution in [2.24, 2.45) is 10.8 Å². The number of hydrogen-bond acceptors (Lipinski definition) is 2. The molecule has 6 aromatic rings. The van der Waals surface area contributed by atoms with Crippen molar-refractivity contribution in [3.63, 3.8) is 0 Å². The normalized spacial score (nSPS) is 17.5. The molecule has 3 aliphatic rings. The van der Waals surface area contributed by atoms with Gasteiger partial charge in [0.25, 0.3) is 0 Å². The quantitative estimate of drug-likeness (QED) is 0.173. The van der Waals surface area contributed by atoms with Crippen LogP contribution in [0.2, 0.25) is 0 Å². The molecule has 0 amide bonds. The van der Waals surface area contributed by atoms with Gasteiger partial charge in [0.05, 0.1) is 0 Å². The molecule has 0 heterocycles. The van der Waals surface area contributed by atoms with Gasteiger partial charge in [-0.2, -0.15) is 0 Å². The van der Waals surface area contributed by atoms with Gasteiger partial charge in [0.15, 0.2) is 0 Å². The molecule has 0 saturated carbocycles. The summed E-state index contributed by atoms with van der Waals surface area (Å²) in [6.45, 7) is 14.6. The second-order valence-corrected chi connectivity index (χ2v) is 16.0. The van der Waals surface area contributed by atoms with E-state index in [1.165, 1.54) is 78.7 Å². The predicted molar refractivity (Wildman–Crippen MR) is 221 cm³/mol. The van der Waals surface area contributed by atoms with Crippen LogP contribution in [0.5, 0.6) is 0 Å². The Bertz CT molecular complexity index is 2300. The summed E-state index contributed by atoms with van der Waals surface area (Å²) in [7, 11) is 0. The van der Waals surface area contributed by atoms with Crippen LogP contribution < -0.4 is 9.80 Å². The van der Waals surface area contributed by atoms with Crippen molar-refractivity contribution in [1.29, 1.82) is 0 Å². The average Bonchev–Trinajstić information content (AvgIpc) is 3.76. The molecule has 52 heavy (non-hydrogen) atoms. The highest BCUT2D eigenvalue weighted by molar-refractivity contribution is 5.92. The third kappa shape index (κ3) is 4.92. The summed E-state index contributed by atoms with van der Waals surface area (Å²) in [5, 5.41) is 0. The molecule has 2 heteroatoms. The second-order valence-electron chi connectivity index (χ2n) is 16.0. The van der Waals surface area contributed by atoms with E-state index in [9.17, 15) is 0 Å². The van der Waals surface area contributed by atoms with Gasteiger partial charge >= 0.3 is 0 Å². The third-order valence-corrected chi connectivity index (χ3v) is 12.1. The van der Waals surface area contributed by atoms with Crippen LogP contribution in [0.15, 0.2) is 157 Å². The minimum atomic E-state index is -0.139. The van der Waals surface area contributed by atoms with Gasteiger partial charge in [0.2, 0.25) is 0 Å². The summed E-state index contributed by atoms with van der Waals surface area (Å²) < 4.78 is 0. The fourth-order valence-corrected chi connectivity index (χ4v) is 9.69. The van der Waals surface area contributed by atoms with E-state index >= 15 is 0 Å². The maximum Gasteiger partial charge on any atom is 0.0470 e. The van der Waals surface area contributed by atoms with Crippen LogP contribution in [0.4, 0.5) is 34.1 Å². The number of allylic oxidation sites excluding steroid dienone is 3. The Hall–Kier alpha value is -5.60. The zero-order valence-electron chi connectivity index (χ0n) is 31.1. The number of benzene rings is 6. The molecule has 256 valence electrons. The Kier molecular flexibility index (Phi) is 7.45. The lowest BCUT2D eigenvalue weighted by atomic mass is 9.55. The van der Waals surface area contributed by atoms with Crippen LogP contribution in [0.1, 0.15) is 67.0 Å². The Labute approximate surface area is 309 Å². The van der Waals surface area contributed by atoms with Crippen molar-refractivity contribution in [3.05, 3.63) is 190 Å². The number of aryl methyl sites for hydroxylation is 2. The van der Waals surface area contributed by atoms with Crippen molar-refractivity contribution in [1.82, 2.24) is 0 Å². The smallest absolute Gasteiger partial charge is 0.0470 e. The van der Waals surface area contributed by atoms with Gasteiger partial charge in [-0.05, 0) is 137 Å². The van der Waals surface area contributed by atoms with Crippen molar-refractivity contribution in [3.8, 4) is 0 Å². The first kappa shape index (κ1) is 32.3. The van der Waals surface area contributed by atoms with Crippen molar-refractivity contribution >= 4 is 45.8 Å². The number of rotatable bonds is 6. The number of nitrogens with zero attached hydrogens (tertiary/aromatic N) is 2. The molecule has 0 aromatic heterocycles. The van der Waals surface area contributed by atoms with Gasteiger partial charge in [0.1, 0.15) is 0 Å². The molecule has 0 fully saturated rings. The molecule has 3 aliphatic carbocycles. The second kappa shape index (κ2) is 12.0. The Morgan fingerprint density at radius 1 is 0.519 bits per heavy atom. The Morgan fingerprint density at radius 2 is 0.962 bits per heavy atom. The van der Waals surface area contributed by atoms with Gasteiger partial charge in [0, 0.05) is 45.5 Å². The fraction of sp³-hybridized carbons (Fsp3) is 0.200. The first-order valence-electron chi connectivity index (χ1n) is 18.7. The molecule has 1 atom stereocenters. The van der Waals surface area contributed by atoms with Gasteiger partial charge in [-0.3, -0.25) is 0 Å². The van der Waals surface area contributed by atoms with E-state index in [2.05, 4.69) is 203 Å². The zero-order valence-corrected chi connectivity index (χ0v) is 31.1. The first-order chi connectivity index (χ1) is 25.1. The summed E-state index contributed by atoms with van der Waals surface area (Å²) in [6, 6.07) is 53.0. The number of fused-ring (bicyclic) bond motifs is 5. The molecule has 1 unspecified atom stereocenters. The van der Waals surface area contributed by atoms with Gasteiger partial charge in [-0.15, -0.1) is 0 Å². The lowest BCUT2D eigenvalue weighted by Gasteiger charge is -2.48. The SMILES string of the molecule is Cc1cc(N(c2ccccc2)c2ccccc2)cc2c1C=C1C2C(C)(C)C2=C(c3cc(N(c4ccccc4)c4ccccc4)cc(C)c3C2)C1(C)C. The van der Waals surface area contributed by atoms with E-state index in [4.69, 9.17) is 0 Å². The molecular formula is C50H46N2. The number of para-hydroxylation sites is 4. The van der Waals surface area contributed by atoms with Crippen LogP contribution >= 0.6 is 0 Å². The van der Waals surface area contributed by atoms with Crippen LogP contribution in [-0.2, 0) is 6.42 Å². The highest BCUT2D eigenvalue weighted by atomic mass is 15.1. The minimum absolute atomic E-state index is 0.0680. The molecule has 0 aliphatic heterocycles.